The summed E-state index contributed by atoms with van der Waals surface area (Å²) >= 11 is 1.57. The minimum absolute atomic E-state index is 0.0476. The van der Waals surface area contributed by atoms with Crippen molar-refractivity contribution in [1.82, 2.24) is 4.98 Å². The normalized spacial score (nSPS) is 11.7. The zero-order valence-corrected chi connectivity index (χ0v) is 12.4. The van der Waals surface area contributed by atoms with Crippen molar-refractivity contribution in [3.63, 3.8) is 0 Å². The molecule has 3 nitrogen and oxygen atoms in total. The van der Waals surface area contributed by atoms with Crippen LogP contribution in [0.3, 0.4) is 0 Å². The van der Waals surface area contributed by atoms with Gasteiger partial charge in [-0.15, -0.1) is 11.3 Å². The monoisotopic (exact) mass is 277 g/mol. The van der Waals surface area contributed by atoms with Crippen LogP contribution in [0.5, 0.6) is 0 Å². The summed E-state index contributed by atoms with van der Waals surface area (Å²) in [6.07, 6.45) is 3.25. The summed E-state index contributed by atoms with van der Waals surface area (Å²) in [6.45, 7) is 6.39. The van der Waals surface area contributed by atoms with Gasteiger partial charge in [0.15, 0.2) is 0 Å². The average molecular weight is 277 g/mol. The Morgan fingerprint density at radius 3 is 2.79 bits per heavy atom. The molecule has 0 spiro atoms. The first-order chi connectivity index (χ1) is 8.95. The zero-order chi connectivity index (χ0) is 13.9. The van der Waals surface area contributed by atoms with Crippen LogP contribution >= 0.6 is 11.3 Å². The maximum Gasteiger partial charge on any atom is 0.140 e. The number of thiazole rings is 1. The Balaban J connectivity index is 1.87. The summed E-state index contributed by atoms with van der Waals surface area (Å²) in [6, 6.07) is 3.74. The van der Waals surface area contributed by atoms with Crippen molar-refractivity contribution < 1.29 is 9.21 Å². The molecule has 0 radical (unpaired) electrons. The number of aryl methyl sites for hydroxylation is 1. The highest BCUT2D eigenvalue weighted by Crippen LogP contribution is 2.24. The number of carbonyl (C=O) groups excluding carboxylic acids is 1. The lowest BCUT2D eigenvalue weighted by Gasteiger charge is -2.14. The summed E-state index contributed by atoms with van der Waals surface area (Å²) in [5.41, 5.74) is 1.11. The summed E-state index contributed by atoms with van der Waals surface area (Å²) in [4.78, 5) is 16.4. The van der Waals surface area contributed by atoms with Crippen LogP contribution in [0.25, 0.3) is 0 Å². The van der Waals surface area contributed by atoms with Crippen molar-refractivity contribution in [2.75, 3.05) is 0 Å². The van der Waals surface area contributed by atoms with Crippen molar-refractivity contribution in [2.24, 2.45) is 0 Å². The van der Waals surface area contributed by atoms with Crippen LogP contribution in [-0.4, -0.2) is 10.8 Å². The third kappa shape index (κ3) is 4.03. The lowest BCUT2D eigenvalue weighted by molar-refractivity contribution is -0.118. The highest BCUT2D eigenvalue weighted by Gasteiger charge is 2.18. The second kappa shape index (κ2) is 5.70. The first-order valence-electron chi connectivity index (χ1n) is 6.44. The number of nitrogens with zero attached hydrogens (tertiary/aromatic N) is 1. The third-order valence-corrected chi connectivity index (χ3v) is 3.75. The van der Waals surface area contributed by atoms with Gasteiger partial charge in [0.05, 0.1) is 18.4 Å². The molecule has 2 aromatic rings. The molecule has 2 heterocycles. The minimum Gasteiger partial charge on any atom is -0.469 e. The summed E-state index contributed by atoms with van der Waals surface area (Å²) in [5, 5.41) is 2.96. The van der Waals surface area contributed by atoms with Crippen molar-refractivity contribution in [1.29, 1.82) is 0 Å². The molecule has 0 saturated carbocycles. The molecule has 2 aromatic heterocycles. The van der Waals surface area contributed by atoms with Crippen LogP contribution in [0.15, 0.2) is 28.2 Å². The van der Waals surface area contributed by atoms with E-state index >= 15 is 0 Å². The Bertz CT molecular complexity index is 535. The Kier molecular flexibility index (Phi) is 4.20. The summed E-state index contributed by atoms with van der Waals surface area (Å²) < 4.78 is 5.22. The van der Waals surface area contributed by atoms with Crippen molar-refractivity contribution in [3.05, 3.63) is 40.2 Å². The second-order valence-electron chi connectivity index (χ2n) is 5.67. The molecule has 0 aromatic carbocycles. The zero-order valence-electron chi connectivity index (χ0n) is 11.6. The molecule has 102 valence electrons. The van der Waals surface area contributed by atoms with Crippen LogP contribution in [0.1, 0.15) is 43.7 Å². The molecule has 0 aliphatic rings. The van der Waals surface area contributed by atoms with Gasteiger partial charge in [0, 0.05) is 23.6 Å². The van der Waals surface area contributed by atoms with Gasteiger partial charge in [-0.2, -0.15) is 0 Å². The SMILES string of the molecule is CC(C)(C)c1csc(CC(=O)CCc2ccco2)n1. The van der Waals surface area contributed by atoms with Gasteiger partial charge >= 0.3 is 0 Å². The second-order valence-corrected chi connectivity index (χ2v) is 6.61. The lowest BCUT2D eigenvalue weighted by atomic mass is 9.93. The molecule has 0 atom stereocenters. The maximum absolute atomic E-state index is 11.9. The van der Waals surface area contributed by atoms with Gasteiger partial charge in [0.1, 0.15) is 16.6 Å². The maximum atomic E-state index is 11.9. The molecule has 2 rings (SSSR count). The van der Waals surface area contributed by atoms with Crippen molar-refractivity contribution in [3.8, 4) is 0 Å². The highest BCUT2D eigenvalue weighted by atomic mass is 32.1. The number of furan rings is 1. The van der Waals surface area contributed by atoms with E-state index in [2.05, 4.69) is 31.1 Å². The smallest absolute Gasteiger partial charge is 0.140 e. The van der Waals surface area contributed by atoms with E-state index in [9.17, 15) is 4.79 Å². The fourth-order valence-electron chi connectivity index (χ4n) is 1.71. The Labute approximate surface area is 117 Å². The van der Waals surface area contributed by atoms with Crippen LogP contribution in [0, 0.1) is 0 Å². The van der Waals surface area contributed by atoms with E-state index in [-0.39, 0.29) is 11.2 Å². The van der Waals surface area contributed by atoms with E-state index < -0.39 is 0 Å². The van der Waals surface area contributed by atoms with E-state index in [1.165, 1.54) is 0 Å². The van der Waals surface area contributed by atoms with E-state index in [0.29, 0.717) is 19.3 Å². The molecule has 0 saturated heterocycles. The van der Waals surface area contributed by atoms with Crippen molar-refractivity contribution in [2.45, 2.75) is 45.4 Å². The van der Waals surface area contributed by atoms with Gasteiger partial charge in [-0.25, -0.2) is 4.98 Å². The van der Waals surface area contributed by atoms with Gasteiger partial charge in [0.25, 0.3) is 0 Å². The topological polar surface area (TPSA) is 43.1 Å². The molecular formula is C15H19NO2S. The molecule has 0 aliphatic heterocycles. The van der Waals surface area contributed by atoms with Gasteiger partial charge < -0.3 is 4.42 Å². The number of Topliss-reactive ketones (excluding diaryl/α,β-unsaturated/α-hetero) is 1. The number of aromatic nitrogens is 1. The number of hydrogen-bond donors (Lipinski definition) is 0. The number of rotatable bonds is 5. The molecule has 0 bridgehead atoms. The van der Waals surface area contributed by atoms with Crippen LogP contribution in [-0.2, 0) is 23.1 Å². The molecule has 0 amide bonds. The Hall–Kier alpha value is -1.42. The largest absolute Gasteiger partial charge is 0.469 e. The molecule has 0 fully saturated rings. The molecule has 0 N–H and O–H groups in total. The quantitative estimate of drug-likeness (QED) is 0.835. The minimum atomic E-state index is 0.0476. The van der Waals surface area contributed by atoms with Gasteiger partial charge in [-0.1, -0.05) is 20.8 Å². The van der Waals surface area contributed by atoms with E-state index in [1.54, 1.807) is 17.6 Å². The fourth-order valence-corrected chi connectivity index (χ4v) is 2.76. The number of ketones is 1. The predicted molar refractivity (Wildman–Crippen MR) is 76.6 cm³/mol. The molecule has 0 aliphatic carbocycles. The first kappa shape index (κ1) is 14.0. The van der Waals surface area contributed by atoms with Gasteiger partial charge in [-0.05, 0) is 12.1 Å². The van der Waals surface area contributed by atoms with Gasteiger partial charge in [-0.3, -0.25) is 4.79 Å². The highest BCUT2D eigenvalue weighted by molar-refractivity contribution is 7.09. The molecule has 0 unspecified atom stereocenters. The average Bonchev–Trinajstić information content (AvgIpc) is 2.95. The van der Waals surface area contributed by atoms with Crippen LogP contribution in [0.4, 0.5) is 0 Å². The Morgan fingerprint density at radius 1 is 1.42 bits per heavy atom. The molecule has 19 heavy (non-hydrogen) atoms. The lowest BCUT2D eigenvalue weighted by Crippen LogP contribution is -2.12. The Morgan fingerprint density at radius 2 is 2.21 bits per heavy atom. The van der Waals surface area contributed by atoms with Crippen LogP contribution in [0.2, 0.25) is 0 Å². The number of hydrogen-bond acceptors (Lipinski definition) is 4. The molecular weight excluding hydrogens is 258 g/mol. The van der Waals surface area contributed by atoms with E-state index in [1.807, 2.05) is 12.1 Å². The van der Waals surface area contributed by atoms with Crippen LogP contribution < -0.4 is 0 Å². The first-order valence-corrected chi connectivity index (χ1v) is 7.32. The van der Waals surface area contributed by atoms with Gasteiger partial charge in [0.2, 0.25) is 0 Å². The fraction of sp³-hybridized carbons (Fsp3) is 0.467. The number of carbonyl (C=O) groups is 1. The summed E-state index contributed by atoms with van der Waals surface area (Å²) in [7, 11) is 0. The van der Waals surface area contributed by atoms with E-state index in [0.717, 1.165) is 16.5 Å². The third-order valence-electron chi connectivity index (χ3n) is 2.90. The predicted octanol–water partition coefficient (Wildman–Crippen LogP) is 3.78. The standard InChI is InChI=1S/C15H19NO2S/c1-15(2,3)13-10-19-14(16-13)9-11(17)6-7-12-5-4-8-18-12/h4-5,8,10H,6-7,9H2,1-3H3. The summed E-state index contributed by atoms with van der Waals surface area (Å²) in [5.74, 6) is 1.08. The van der Waals surface area contributed by atoms with E-state index in [4.69, 9.17) is 4.42 Å². The molecule has 4 heteroatoms. The van der Waals surface area contributed by atoms with Crippen molar-refractivity contribution >= 4 is 17.1 Å².